The van der Waals surface area contributed by atoms with Crippen molar-refractivity contribution in [1.29, 1.82) is 0 Å². The average molecular weight is 396 g/mol. The summed E-state index contributed by atoms with van der Waals surface area (Å²) in [5.74, 6) is -0.447. The minimum absolute atomic E-state index is 0.0932. The number of rotatable bonds is 7. The number of amides is 2. The highest BCUT2D eigenvalue weighted by Gasteiger charge is 2.35. The summed E-state index contributed by atoms with van der Waals surface area (Å²) < 4.78 is 10.2. The molecule has 0 bridgehead atoms. The minimum Gasteiger partial charge on any atom is -0.497 e. The maximum atomic E-state index is 12.6. The molecule has 2 aromatic carbocycles. The number of hydrogen-bond acceptors (Lipinski definition) is 5. The zero-order chi connectivity index (χ0) is 20.8. The lowest BCUT2D eigenvalue weighted by molar-refractivity contribution is -0.122. The number of nitrogens with zero attached hydrogens (tertiary/aromatic N) is 1. The highest BCUT2D eigenvalue weighted by molar-refractivity contribution is 6.03. The SMILES string of the molecule is CCCOC(=O)c1ccc(NC(=O)C2CC(=O)N(c3ccc(OC)cc3)C2)cc1. The molecule has 0 spiro atoms. The van der Waals surface area contributed by atoms with Gasteiger partial charge in [-0.15, -0.1) is 0 Å². The van der Waals surface area contributed by atoms with Crippen LogP contribution in [0.5, 0.6) is 5.75 Å². The summed E-state index contributed by atoms with van der Waals surface area (Å²) in [5.41, 5.74) is 1.73. The van der Waals surface area contributed by atoms with E-state index >= 15 is 0 Å². The molecule has 7 nitrogen and oxygen atoms in total. The van der Waals surface area contributed by atoms with Crippen molar-refractivity contribution < 1.29 is 23.9 Å². The van der Waals surface area contributed by atoms with Crippen molar-refractivity contribution in [3.8, 4) is 5.75 Å². The number of carbonyl (C=O) groups excluding carboxylic acids is 3. The summed E-state index contributed by atoms with van der Waals surface area (Å²) >= 11 is 0. The number of methoxy groups -OCH3 is 1. The molecule has 152 valence electrons. The Morgan fingerprint density at radius 1 is 1.10 bits per heavy atom. The number of esters is 1. The van der Waals surface area contributed by atoms with Crippen LogP contribution in [0.4, 0.5) is 11.4 Å². The van der Waals surface area contributed by atoms with Gasteiger partial charge in [-0.25, -0.2) is 4.79 Å². The predicted molar refractivity (Wildman–Crippen MR) is 109 cm³/mol. The van der Waals surface area contributed by atoms with E-state index in [2.05, 4.69) is 5.32 Å². The Balaban J connectivity index is 1.59. The van der Waals surface area contributed by atoms with Crippen molar-refractivity contribution in [1.82, 2.24) is 0 Å². The Hall–Kier alpha value is -3.35. The molecule has 7 heteroatoms. The number of anilines is 2. The van der Waals surface area contributed by atoms with E-state index in [1.807, 2.05) is 6.92 Å². The lowest BCUT2D eigenvalue weighted by atomic mass is 10.1. The van der Waals surface area contributed by atoms with Crippen LogP contribution in [-0.2, 0) is 14.3 Å². The van der Waals surface area contributed by atoms with Crippen molar-refractivity contribution in [3.05, 3.63) is 54.1 Å². The third kappa shape index (κ3) is 4.93. The van der Waals surface area contributed by atoms with Crippen molar-refractivity contribution in [2.75, 3.05) is 30.5 Å². The molecule has 1 atom stereocenters. The van der Waals surface area contributed by atoms with Gasteiger partial charge in [-0.3, -0.25) is 9.59 Å². The molecule has 1 saturated heterocycles. The molecule has 1 N–H and O–H groups in total. The van der Waals surface area contributed by atoms with E-state index < -0.39 is 5.92 Å². The highest BCUT2D eigenvalue weighted by atomic mass is 16.5. The predicted octanol–water partition coefficient (Wildman–Crippen LogP) is 3.25. The van der Waals surface area contributed by atoms with Gasteiger partial charge < -0.3 is 19.7 Å². The molecule has 1 fully saturated rings. The third-order valence-electron chi connectivity index (χ3n) is 4.71. The van der Waals surface area contributed by atoms with Gasteiger partial charge in [0.1, 0.15) is 5.75 Å². The molecular weight excluding hydrogens is 372 g/mol. The van der Waals surface area contributed by atoms with Crippen LogP contribution in [0.2, 0.25) is 0 Å². The van der Waals surface area contributed by atoms with Gasteiger partial charge >= 0.3 is 5.97 Å². The van der Waals surface area contributed by atoms with Crippen LogP contribution in [0.25, 0.3) is 0 Å². The summed E-state index contributed by atoms with van der Waals surface area (Å²) in [6.07, 6.45) is 0.910. The maximum absolute atomic E-state index is 12.6. The van der Waals surface area contributed by atoms with Gasteiger partial charge in [0, 0.05) is 24.3 Å². The molecule has 0 saturated carbocycles. The first-order valence-electron chi connectivity index (χ1n) is 9.54. The van der Waals surface area contributed by atoms with Crippen LogP contribution in [0.1, 0.15) is 30.1 Å². The molecule has 1 aliphatic heterocycles. The van der Waals surface area contributed by atoms with Gasteiger partial charge in [-0.1, -0.05) is 6.92 Å². The Morgan fingerprint density at radius 3 is 2.41 bits per heavy atom. The fourth-order valence-electron chi connectivity index (χ4n) is 3.11. The van der Waals surface area contributed by atoms with E-state index in [-0.39, 0.29) is 24.2 Å². The molecule has 1 unspecified atom stereocenters. The average Bonchev–Trinajstić information content (AvgIpc) is 3.14. The summed E-state index contributed by atoms with van der Waals surface area (Å²) in [5, 5.41) is 2.81. The topological polar surface area (TPSA) is 84.9 Å². The van der Waals surface area contributed by atoms with Gasteiger partial charge in [0.2, 0.25) is 11.8 Å². The molecule has 3 rings (SSSR count). The highest BCUT2D eigenvalue weighted by Crippen LogP contribution is 2.27. The molecule has 29 heavy (non-hydrogen) atoms. The van der Waals surface area contributed by atoms with E-state index in [1.54, 1.807) is 60.5 Å². The summed E-state index contributed by atoms with van der Waals surface area (Å²) in [4.78, 5) is 38.4. The number of hydrogen-bond donors (Lipinski definition) is 1. The second-order valence-electron chi connectivity index (χ2n) is 6.81. The Bertz CT molecular complexity index is 877. The van der Waals surface area contributed by atoms with Crippen molar-refractivity contribution in [2.24, 2.45) is 5.92 Å². The lowest BCUT2D eigenvalue weighted by Crippen LogP contribution is -2.28. The van der Waals surface area contributed by atoms with Gasteiger partial charge in [-0.05, 0) is 55.0 Å². The zero-order valence-electron chi connectivity index (χ0n) is 16.5. The third-order valence-corrected chi connectivity index (χ3v) is 4.71. The lowest BCUT2D eigenvalue weighted by Gasteiger charge is -2.17. The first kappa shape index (κ1) is 20.4. The van der Waals surface area contributed by atoms with Gasteiger partial charge in [0.25, 0.3) is 0 Å². The van der Waals surface area contributed by atoms with Crippen LogP contribution >= 0.6 is 0 Å². The van der Waals surface area contributed by atoms with Crippen LogP contribution in [0, 0.1) is 5.92 Å². The van der Waals surface area contributed by atoms with E-state index in [0.717, 1.165) is 12.1 Å². The number of carbonyl (C=O) groups is 3. The molecule has 0 radical (unpaired) electrons. The maximum Gasteiger partial charge on any atom is 0.338 e. The Morgan fingerprint density at radius 2 is 1.79 bits per heavy atom. The molecule has 1 aliphatic rings. The van der Waals surface area contributed by atoms with Gasteiger partial charge in [0.15, 0.2) is 0 Å². The van der Waals surface area contributed by atoms with Crippen LogP contribution in [0.15, 0.2) is 48.5 Å². The number of ether oxygens (including phenoxy) is 2. The van der Waals surface area contributed by atoms with Crippen LogP contribution < -0.4 is 15.0 Å². The van der Waals surface area contributed by atoms with Crippen LogP contribution in [-0.4, -0.2) is 38.0 Å². The monoisotopic (exact) mass is 396 g/mol. The largest absolute Gasteiger partial charge is 0.497 e. The van der Waals surface area contributed by atoms with Crippen molar-refractivity contribution in [3.63, 3.8) is 0 Å². The number of nitrogens with one attached hydrogen (secondary N) is 1. The normalized spacial score (nSPS) is 15.9. The first-order chi connectivity index (χ1) is 14.0. The van der Waals surface area contributed by atoms with Crippen LogP contribution in [0.3, 0.4) is 0 Å². The van der Waals surface area contributed by atoms with E-state index in [9.17, 15) is 14.4 Å². The molecule has 0 aliphatic carbocycles. The summed E-state index contributed by atoms with van der Waals surface area (Å²) in [6, 6.07) is 13.7. The molecule has 1 heterocycles. The molecule has 2 amide bonds. The van der Waals surface area contributed by atoms with Gasteiger partial charge in [-0.2, -0.15) is 0 Å². The first-order valence-corrected chi connectivity index (χ1v) is 9.54. The standard InChI is InChI=1S/C22H24N2O5/c1-3-12-29-22(27)15-4-6-17(7-5-15)23-21(26)16-13-20(25)24(14-16)18-8-10-19(28-2)11-9-18/h4-11,16H,3,12-14H2,1-2H3,(H,23,26). The smallest absolute Gasteiger partial charge is 0.338 e. The quantitative estimate of drug-likeness (QED) is 0.726. The van der Waals surface area contributed by atoms with Crippen molar-refractivity contribution >= 4 is 29.2 Å². The van der Waals surface area contributed by atoms with Gasteiger partial charge in [0.05, 0.1) is 25.2 Å². The van der Waals surface area contributed by atoms with Crippen molar-refractivity contribution in [2.45, 2.75) is 19.8 Å². The van der Waals surface area contributed by atoms with E-state index in [1.165, 1.54) is 0 Å². The molecular formula is C22H24N2O5. The number of benzene rings is 2. The van der Waals surface area contributed by atoms with E-state index in [0.29, 0.717) is 30.2 Å². The molecule has 0 aromatic heterocycles. The zero-order valence-corrected chi connectivity index (χ0v) is 16.5. The van der Waals surface area contributed by atoms with E-state index in [4.69, 9.17) is 9.47 Å². The molecule has 2 aromatic rings. The summed E-state index contributed by atoms with van der Waals surface area (Å²) in [6.45, 7) is 2.62. The minimum atomic E-state index is -0.446. The fourth-order valence-corrected chi connectivity index (χ4v) is 3.11. The Kier molecular flexibility index (Phi) is 6.49. The Labute approximate surface area is 169 Å². The second-order valence-corrected chi connectivity index (χ2v) is 6.81. The summed E-state index contributed by atoms with van der Waals surface area (Å²) in [7, 11) is 1.58. The fraction of sp³-hybridized carbons (Fsp3) is 0.318. The second kappa shape index (κ2) is 9.23.